The fourth-order valence-corrected chi connectivity index (χ4v) is 0.874. The zero-order valence-corrected chi connectivity index (χ0v) is 6.23. The summed E-state index contributed by atoms with van der Waals surface area (Å²) in [6.07, 6.45) is 0. The minimum atomic E-state index is -0.597. The summed E-state index contributed by atoms with van der Waals surface area (Å²) in [5.41, 5.74) is 0.452. The molecule has 2 heterocycles. The van der Waals surface area contributed by atoms with Crippen LogP contribution in [0.4, 0.5) is 4.39 Å². The predicted molar refractivity (Wildman–Crippen MR) is 37.3 cm³/mol. The molecule has 0 bridgehead atoms. The van der Waals surface area contributed by atoms with E-state index < -0.39 is 5.95 Å². The number of hydrogen-bond donors (Lipinski definition) is 0. The van der Waals surface area contributed by atoms with Gasteiger partial charge < -0.3 is 4.74 Å². The summed E-state index contributed by atoms with van der Waals surface area (Å²) in [5.74, 6) is -0.597. The number of ether oxygens (including phenoxy) is 1. The van der Waals surface area contributed by atoms with Crippen molar-refractivity contribution >= 4 is 5.65 Å². The summed E-state index contributed by atoms with van der Waals surface area (Å²) in [5, 5.41) is 10.8. The summed E-state index contributed by atoms with van der Waals surface area (Å²) >= 11 is 0. The molecule has 0 N–H and O–H groups in total. The first kappa shape index (κ1) is 6.96. The Morgan fingerprint density at radius 3 is 3.00 bits per heavy atom. The van der Waals surface area contributed by atoms with Crippen molar-refractivity contribution in [3.05, 3.63) is 18.1 Å². The number of fused-ring (bicyclic) bond motifs is 1. The van der Waals surface area contributed by atoms with Crippen molar-refractivity contribution in [2.75, 3.05) is 7.11 Å². The number of nitrogens with zero attached hydrogens (tertiary/aromatic N) is 4. The van der Waals surface area contributed by atoms with Gasteiger partial charge in [0.2, 0.25) is 5.95 Å². The van der Waals surface area contributed by atoms with Gasteiger partial charge in [0.1, 0.15) is 0 Å². The van der Waals surface area contributed by atoms with Crippen LogP contribution in [0.2, 0.25) is 0 Å². The van der Waals surface area contributed by atoms with Crippen molar-refractivity contribution in [1.82, 2.24) is 19.8 Å². The molecule has 62 valence electrons. The first-order chi connectivity index (χ1) is 5.81. The van der Waals surface area contributed by atoms with Crippen LogP contribution in [0.5, 0.6) is 6.01 Å². The van der Waals surface area contributed by atoms with Gasteiger partial charge in [-0.2, -0.15) is 8.91 Å². The SMILES string of the molecule is COc1nnc2ccc(F)nn12. The van der Waals surface area contributed by atoms with Crippen molar-refractivity contribution in [2.24, 2.45) is 0 Å². The molecule has 0 aliphatic carbocycles. The Bertz CT molecular complexity index is 413. The van der Waals surface area contributed by atoms with Crippen molar-refractivity contribution in [3.63, 3.8) is 0 Å². The average molecular weight is 168 g/mol. The van der Waals surface area contributed by atoms with E-state index in [2.05, 4.69) is 15.3 Å². The van der Waals surface area contributed by atoms with E-state index in [1.807, 2.05) is 0 Å². The second-order valence-corrected chi connectivity index (χ2v) is 2.11. The molecular formula is C6H5FN4O. The zero-order chi connectivity index (χ0) is 8.55. The molecule has 12 heavy (non-hydrogen) atoms. The van der Waals surface area contributed by atoms with Crippen molar-refractivity contribution < 1.29 is 9.13 Å². The Hall–Kier alpha value is -1.72. The van der Waals surface area contributed by atoms with Crippen LogP contribution in [0, 0.1) is 5.95 Å². The Morgan fingerprint density at radius 2 is 2.25 bits per heavy atom. The summed E-state index contributed by atoms with van der Waals surface area (Å²) in [4.78, 5) is 0. The highest BCUT2D eigenvalue weighted by molar-refractivity contribution is 5.36. The van der Waals surface area contributed by atoms with Gasteiger partial charge in [-0.1, -0.05) is 5.10 Å². The Balaban J connectivity index is 2.75. The number of rotatable bonds is 1. The van der Waals surface area contributed by atoms with Gasteiger partial charge in [0.15, 0.2) is 5.65 Å². The van der Waals surface area contributed by atoms with Crippen LogP contribution >= 0.6 is 0 Å². The van der Waals surface area contributed by atoms with Crippen LogP contribution in [0.15, 0.2) is 12.1 Å². The van der Waals surface area contributed by atoms with Crippen LogP contribution in [0.25, 0.3) is 5.65 Å². The molecule has 0 radical (unpaired) electrons. The van der Waals surface area contributed by atoms with E-state index in [9.17, 15) is 4.39 Å². The zero-order valence-electron chi connectivity index (χ0n) is 6.23. The molecule has 0 aliphatic heterocycles. The third-order valence-corrected chi connectivity index (χ3v) is 1.38. The molecule has 0 atom stereocenters. The molecule has 2 aromatic heterocycles. The summed E-state index contributed by atoms with van der Waals surface area (Å²) in [6.45, 7) is 0. The molecule has 0 saturated carbocycles. The minimum absolute atomic E-state index is 0.171. The van der Waals surface area contributed by atoms with E-state index >= 15 is 0 Å². The Labute approximate surface area is 66.8 Å². The molecule has 0 aromatic carbocycles. The smallest absolute Gasteiger partial charge is 0.338 e. The van der Waals surface area contributed by atoms with Crippen molar-refractivity contribution in [2.45, 2.75) is 0 Å². The maximum atomic E-state index is 12.6. The molecule has 0 unspecified atom stereocenters. The van der Waals surface area contributed by atoms with Gasteiger partial charge in [-0.25, -0.2) is 0 Å². The van der Waals surface area contributed by atoms with Crippen LogP contribution in [-0.4, -0.2) is 26.9 Å². The quantitative estimate of drug-likeness (QED) is 0.613. The summed E-state index contributed by atoms with van der Waals surface area (Å²) in [7, 11) is 1.42. The minimum Gasteiger partial charge on any atom is -0.466 e. The molecule has 5 nitrogen and oxygen atoms in total. The van der Waals surface area contributed by atoms with E-state index in [0.29, 0.717) is 5.65 Å². The van der Waals surface area contributed by atoms with E-state index in [0.717, 1.165) is 0 Å². The van der Waals surface area contributed by atoms with E-state index in [1.165, 1.54) is 23.8 Å². The third-order valence-electron chi connectivity index (χ3n) is 1.38. The molecule has 0 fully saturated rings. The van der Waals surface area contributed by atoms with Crippen molar-refractivity contribution in [1.29, 1.82) is 0 Å². The van der Waals surface area contributed by atoms with Gasteiger partial charge >= 0.3 is 6.01 Å². The van der Waals surface area contributed by atoms with Gasteiger partial charge in [0.05, 0.1) is 7.11 Å². The maximum Gasteiger partial charge on any atom is 0.338 e. The van der Waals surface area contributed by atoms with Gasteiger partial charge in [-0.05, 0) is 12.1 Å². The van der Waals surface area contributed by atoms with Crippen LogP contribution in [0.1, 0.15) is 0 Å². The number of hydrogen-bond acceptors (Lipinski definition) is 4. The van der Waals surface area contributed by atoms with Gasteiger partial charge in [0, 0.05) is 0 Å². The first-order valence-electron chi connectivity index (χ1n) is 3.23. The molecule has 0 spiro atoms. The number of methoxy groups -OCH3 is 1. The Kier molecular flexibility index (Phi) is 1.39. The largest absolute Gasteiger partial charge is 0.466 e. The molecule has 2 rings (SSSR count). The van der Waals surface area contributed by atoms with Gasteiger partial charge in [-0.3, -0.25) is 0 Å². The molecule has 0 amide bonds. The number of aromatic nitrogens is 4. The van der Waals surface area contributed by atoms with E-state index in [-0.39, 0.29) is 6.01 Å². The summed E-state index contributed by atoms with van der Waals surface area (Å²) < 4.78 is 18.6. The standard InChI is InChI=1S/C6H5FN4O/c1-12-6-9-8-5-3-2-4(7)10-11(5)6/h2-3H,1H3. The molecule has 6 heteroatoms. The first-order valence-corrected chi connectivity index (χ1v) is 3.23. The monoisotopic (exact) mass is 168 g/mol. The lowest BCUT2D eigenvalue weighted by atomic mass is 10.5. The van der Waals surface area contributed by atoms with Gasteiger partial charge in [0.25, 0.3) is 0 Å². The predicted octanol–water partition coefficient (Wildman–Crippen LogP) is 0.272. The van der Waals surface area contributed by atoms with Crippen LogP contribution in [-0.2, 0) is 0 Å². The molecular weight excluding hydrogens is 163 g/mol. The topological polar surface area (TPSA) is 52.3 Å². The maximum absolute atomic E-state index is 12.6. The second kappa shape index (κ2) is 2.40. The fraction of sp³-hybridized carbons (Fsp3) is 0.167. The highest BCUT2D eigenvalue weighted by atomic mass is 19.1. The summed E-state index contributed by atoms with van der Waals surface area (Å²) in [6, 6.07) is 2.85. The second-order valence-electron chi connectivity index (χ2n) is 2.11. The van der Waals surface area contributed by atoms with E-state index in [4.69, 9.17) is 4.74 Å². The Morgan fingerprint density at radius 1 is 1.42 bits per heavy atom. The molecule has 2 aromatic rings. The highest BCUT2D eigenvalue weighted by Gasteiger charge is 2.05. The lowest BCUT2D eigenvalue weighted by molar-refractivity contribution is 0.364. The molecule has 0 saturated heterocycles. The third kappa shape index (κ3) is 0.884. The van der Waals surface area contributed by atoms with Gasteiger partial charge in [-0.15, -0.1) is 10.2 Å². The number of halogens is 1. The fourth-order valence-electron chi connectivity index (χ4n) is 0.874. The van der Waals surface area contributed by atoms with E-state index in [1.54, 1.807) is 0 Å². The van der Waals surface area contributed by atoms with Crippen LogP contribution < -0.4 is 4.74 Å². The highest BCUT2D eigenvalue weighted by Crippen LogP contribution is 2.07. The van der Waals surface area contributed by atoms with Crippen molar-refractivity contribution in [3.8, 4) is 6.01 Å². The lowest BCUT2D eigenvalue weighted by Crippen LogP contribution is -1.97. The molecule has 0 aliphatic rings. The lowest BCUT2D eigenvalue weighted by Gasteiger charge is -1.94. The normalized spacial score (nSPS) is 10.5. The average Bonchev–Trinajstić information content (AvgIpc) is 2.46. The van der Waals surface area contributed by atoms with Crippen LogP contribution in [0.3, 0.4) is 0 Å².